The number of rotatable bonds is 1. The van der Waals surface area contributed by atoms with Gasteiger partial charge < -0.3 is 4.90 Å². The van der Waals surface area contributed by atoms with Crippen LogP contribution in [0.4, 0.5) is 4.39 Å². The molecule has 1 fully saturated rings. The van der Waals surface area contributed by atoms with Crippen LogP contribution >= 0.6 is 0 Å². The van der Waals surface area contributed by atoms with E-state index in [1.54, 1.807) is 6.07 Å². The number of imide groups is 1. The van der Waals surface area contributed by atoms with E-state index in [0.29, 0.717) is 5.56 Å². The Morgan fingerprint density at radius 3 is 2.74 bits per heavy atom. The average Bonchev–Trinajstić information content (AvgIpc) is 2.68. The molecule has 6 heteroatoms. The van der Waals surface area contributed by atoms with Crippen molar-refractivity contribution in [2.45, 2.75) is 25.4 Å². The minimum absolute atomic E-state index is 0.0344. The minimum Gasteiger partial charge on any atom is -0.322 e. The van der Waals surface area contributed by atoms with Gasteiger partial charge in [0.25, 0.3) is 5.91 Å². The van der Waals surface area contributed by atoms with E-state index in [9.17, 15) is 18.8 Å². The van der Waals surface area contributed by atoms with E-state index < -0.39 is 23.7 Å². The van der Waals surface area contributed by atoms with Gasteiger partial charge in [-0.3, -0.25) is 19.7 Å². The van der Waals surface area contributed by atoms with Gasteiger partial charge in [-0.1, -0.05) is 12.1 Å². The van der Waals surface area contributed by atoms with Crippen LogP contribution in [0.15, 0.2) is 18.2 Å². The highest BCUT2D eigenvalue weighted by Crippen LogP contribution is 2.28. The van der Waals surface area contributed by atoms with E-state index in [4.69, 9.17) is 0 Å². The van der Waals surface area contributed by atoms with E-state index >= 15 is 0 Å². The monoisotopic (exact) mass is 262 g/mol. The molecule has 1 atom stereocenters. The molecule has 0 spiro atoms. The maximum absolute atomic E-state index is 13.6. The summed E-state index contributed by atoms with van der Waals surface area (Å²) in [6.45, 7) is 0.207. The third-order valence-corrected chi connectivity index (χ3v) is 3.50. The number of benzene rings is 1. The van der Waals surface area contributed by atoms with Crippen LogP contribution in [0.1, 0.15) is 28.8 Å². The number of nitrogens with zero attached hydrogens (tertiary/aromatic N) is 1. The largest absolute Gasteiger partial charge is 0.322 e. The molecule has 0 saturated carbocycles. The normalized spacial score (nSPS) is 22.5. The molecule has 2 aliphatic heterocycles. The topological polar surface area (TPSA) is 66.5 Å². The second kappa shape index (κ2) is 4.15. The molecule has 0 aromatic heterocycles. The van der Waals surface area contributed by atoms with Crippen molar-refractivity contribution < 1.29 is 18.8 Å². The van der Waals surface area contributed by atoms with Gasteiger partial charge in [-0.2, -0.15) is 0 Å². The molecule has 0 aliphatic carbocycles. The fourth-order valence-corrected chi connectivity index (χ4v) is 2.57. The predicted molar refractivity (Wildman–Crippen MR) is 62.4 cm³/mol. The second-order valence-electron chi connectivity index (χ2n) is 4.67. The van der Waals surface area contributed by atoms with Crippen LogP contribution in [0.3, 0.4) is 0 Å². The maximum atomic E-state index is 13.6. The van der Waals surface area contributed by atoms with E-state index in [0.717, 1.165) is 0 Å². The number of carbonyl (C=O) groups excluding carboxylic acids is 3. The lowest BCUT2D eigenvalue weighted by Gasteiger charge is -2.29. The van der Waals surface area contributed by atoms with E-state index in [2.05, 4.69) is 5.32 Å². The first-order valence-electron chi connectivity index (χ1n) is 6.00. The van der Waals surface area contributed by atoms with Crippen molar-refractivity contribution in [1.29, 1.82) is 0 Å². The Morgan fingerprint density at radius 2 is 2.05 bits per heavy atom. The van der Waals surface area contributed by atoms with Crippen LogP contribution in [0.2, 0.25) is 0 Å². The number of hydrogen-bond acceptors (Lipinski definition) is 3. The Labute approximate surface area is 108 Å². The highest BCUT2D eigenvalue weighted by Gasteiger charge is 2.40. The van der Waals surface area contributed by atoms with E-state index in [1.807, 2.05) is 0 Å². The Morgan fingerprint density at radius 1 is 1.26 bits per heavy atom. The van der Waals surface area contributed by atoms with Crippen LogP contribution in [-0.4, -0.2) is 28.7 Å². The molecule has 1 unspecified atom stereocenters. The zero-order valence-corrected chi connectivity index (χ0v) is 9.98. The van der Waals surface area contributed by atoms with Gasteiger partial charge in [-0.15, -0.1) is 0 Å². The zero-order valence-electron chi connectivity index (χ0n) is 9.98. The third-order valence-electron chi connectivity index (χ3n) is 3.50. The first kappa shape index (κ1) is 11.8. The van der Waals surface area contributed by atoms with Crippen molar-refractivity contribution >= 4 is 17.7 Å². The van der Waals surface area contributed by atoms with E-state index in [-0.39, 0.29) is 30.9 Å². The summed E-state index contributed by atoms with van der Waals surface area (Å²) in [6.07, 6.45) is 0.477. The smallest absolute Gasteiger partial charge is 0.258 e. The van der Waals surface area contributed by atoms with Gasteiger partial charge in [0.2, 0.25) is 11.8 Å². The van der Waals surface area contributed by atoms with Crippen molar-refractivity contribution in [2.24, 2.45) is 0 Å². The van der Waals surface area contributed by atoms with E-state index in [1.165, 1.54) is 17.0 Å². The van der Waals surface area contributed by atoms with Gasteiger partial charge in [-0.25, -0.2) is 4.39 Å². The lowest BCUT2D eigenvalue weighted by Crippen LogP contribution is -2.52. The average molecular weight is 262 g/mol. The highest BCUT2D eigenvalue weighted by molar-refractivity contribution is 6.05. The van der Waals surface area contributed by atoms with Gasteiger partial charge in [0.1, 0.15) is 11.9 Å². The van der Waals surface area contributed by atoms with Crippen LogP contribution in [0.5, 0.6) is 0 Å². The molecule has 0 bridgehead atoms. The summed E-state index contributed by atoms with van der Waals surface area (Å²) in [5.74, 6) is -1.88. The molecule has 5 nitrogen and oxygen atoms in total. The molecule has 98 valence electrons. The molecular formula is C13H11FN2O3. The Bertz CT molecular complexity index is 600. The predicted octanol–water partition coefficient (Wildman–Crippen LogP) is 0.587. The first-order valence-corrected chi connectivity index (χ1v) is 6.00. The van der Waals surface area contributed by atoms with Crippen LogP contribution in [0.25, 0.3) is 0 Å². The number of fused-ring (bicyclic) bond motifs is 1. The zero-order chi connectivity index (χ0) is 13.6. The summed E-state index contributed by atoms with van der Waals surface area (Å²) < 4.78 is 13.6. The number of nitrogens with one attached hydrogen (secondary N) is 1. The van der Waals surface area contributed by atoms with Gasteiger partial charge in [0.15, 0.2) is 0 Å². The lowest BCUT2D eigenvalue weighted by molar-refractivity contribution is -0.136. The summed E-state index contributed by atoms with van der Waals surface area (Å²) in [5, 5.41) is 2.20. The fraction of sp³-hybridized carbons (Fsp3) is 0.308. The summed E-state index contributed by atoms with van der Waals surface area (Å²) in [4.78, 5) is 36.3. The lowest BCUT2D eigenvalue weighted by atomic mass is 10.0. The highest BCUT2D eigenvalue weighted by atomic mass is 19.1. The van der Waals surface area contributed by atoms with Crippen LogP contribution < -0.4 is 5.32 Å². The van der Waals surface area contributed by atoms with Crippen LogP contribution in [0, 0.1) is 5.82 Å². The molecule has 2 heterocycles. The number of amides is 3. The van der Waals surface area contributed by atoms with Crippen molar-refractivity contribution in [3.05, 3.63) is 35.1 Å². The van der Waals surface area contributed by atoms with Crippen LogP contribution in [-0.2, 0) is 16.1 Å². The SMILES string of the molecule is O=C1CCC(N2Cc3cccc(F)c3C2=O)C(=O)N1. The number of halogens is 1. The molecule has 1 N–H and O–H groups in total. The Hall–Kier alpha value is -2.24. The van der Waals surface area contributed by atoms with Gasteiger partial charge >= 0.3 is 0 Å². The molecule has 2 aliphatic rings. The summed E-state index contributed by atoms with van der Waals surface area (Å²) in [6, 6.07) is 3.74. The molecule has 1 aromatic rings. The summed E-state index contributed by atoms with van der Waals surface area (Å²) in [7, 11) is 0. The second-order valence-corrected chi connectivity index (χ2v) is 4.67. The molecule has 1 saturated heterocycles. The Balaban J connectivity index is 1.90. The van der Waals surface area contributed by atoms with Gasteiger partial charge in [-0.05, 0) is 18.1 Å². The van der Waals surface area contributed by atoms with Gasteiger partial charge in [0, 0.05) is 13.0 Å². The molecule has 3 amide bonds. The van der Waals surface area contributed by atoms with Crippen molar-refractivity contribution in [3.8, 4) is 0 Å². The van der Waals surface area contributed by atoms with Crippen molar-refractivity contribution in [3.63, 3.8) is 0 Å². The quantitative estimate of drug-likeness (QED) is 0.753. The van der Waals surface area contributed by atoms with Crippen molar-refractivity contribution in [2.75, 3.05) is 0 Å². The summed E-state index contributed by atoms with van der Waals surface area (Å²) >= 11 is 0. The molecule has 1 aromatic carbocycles. The summed E-state index contributed by atoms with van der Waals surface area (Å²) in [5.41, 5.74) is 0.613. The van der Waals surface area contributed by atoms with Gasteiger partial charge in [0.05, 0.1) is 5.56 Å². The number of piperidine rings is 1. The molecule has 0 radical (unpaired) electrons. The van der Waals surface area contributed by atoms with Crippen molar-refractivity contribution in [1.82, 2.24) is 10.2 Å². The fourth-order valence-electron chi connectivity index (χ4n) is 2.57. The third kappa shape index (κ3) is 1.80. The number of hydrogen-bond donors (Lipinski definition) is 1. The molecular weight excluding hydrogens is 251 g/mol. The Kier molecular flexibility index (Phi) is 2.58. The molecule has 19 heavy (non-hydrogen) atoms. The standard InChI is InChI=1S/C13H11FN2O3/c14-8-3-1-2-7-6-16(13(19)11(7)8)9-4-5-10(17)15-12(9)18/h1-3,9H,4-6H2,(H,15,17,18). The minimum atomic E-state index is -0.697. The maximum Gasteiger partial charge on any atom is 0.258 e. The number of carbonyl (C=O) groups is 3. The molecule has 3 rings (SSSR count). The first-order chi connectivity index (χ1) is 9.08.